The van der Waals surface area contributed by atoms with E-state index < -0.39 is 0 Å². The van der Waals surface area contributed by atoms with Crippen molar-refractivity contribution < 1.29 is 14.2 Å². The van der Waals surface area contributed by atoms with E-state index in [2.05, 4.69) is 37.4 Å². The zero-order valence-corrected chi connectivity index (χ0v) is 16.4. The smallest absolute Gasteiger partial charge is 0.142 e. The van der Waals surface area contributed by atoms with Crippen LogP contribution in [-0.4, -0.2) is 32.5 Å². The van der Waals surface area contributed by atoms with E-state index in [1.54, 1.807) is 0 Å². The third kappa shape index (κ3) is 5.64. The molecule has 1 heterocycles. The lowest BCUT2D eigenvalue weighted by Crippen LogP contribution is -2.17. The first kappa shape index (κ1) is 19.6. The van der Waals surface area contributed by atoms with E-state index >= 15 is 0 Å². The first-order valence-corrected chi connectivity index (χ1v) is 10.1. The van der Waals surface area contributed by atoms with Gasteiger partial charge in [-0.1, -0.05) is 44.2 Å². The first-order valence-electron chi connectivity index (χ1n) is 10.1. The van der Waals surface area contributed by atoms with Gasteiger partial charge in [-0.25, -0.2) is 0 Å². The van der Waals surface area contributed by atoms with Crippen molar-refractivity contribution in [3.8, 4) is 11.5 Å². The summed E-state index contributed by atoms with van der Waals surface area (Å²) in [4.78, 5) is 0. The molecule has 2 aromatic carbocycles. The summed E-state index contributed by atoms with van der Waals surface area (Å²) < 4.78 is 17.6. The highest BCUT2D eigenvalue weighted by Crippen LogP contribution is 2.28. The van der Waals surface area contributed by atoms with E-state index in [1.807, 2.05) is 30.3 Å². The summed E-state index contributed by atoms with van der Waals surface area (Å²) in [7, 11) is 0. The fourth-order valence-corrected chi connectivity index (χ4v) is 3.28. The molecule has 1 N–H and O–H groups in total. The molecule has 0 spiro atoms. The van der Waals surface area contributed by atoms with E-state index in [9.17, 15) is 0 Å². The minimum atomic E-state index is 0.221. The topological polar surface area (TPSA) is 39.7 Å². The molecule has 2 aromatic rings. The maximum atomic E-state index is 6.04. The molecule has 2 unspecified atom stereocenters. The van der Waals surface area contributed by atoms with Gasteiger partial charge in [-0.05, 0) is 48.9 Å². The number of benzene rings is 2. The fourth-order valence-electron chi connectivity index (χ4n) is 3.28. The van der Waals surface area contributed by atoms with Gasteiger partial charge in [-0.2, -0.15) is 0 Å². The molecule has 27 heavy (non-hydrogen) atoms. The second-order valence-corrected chi connectivity index (χ2v) is 7.06. The van der Waals surface area contributed by atoms with Crippen LogP contribution in [0.1, 0.15) is 44.6 Å². The van der Waals surface area contributed by atoms with Gasteiger partial charge < -0.3 is 19.5 Å². The molecule has 0 radical (unpaired) electrons. The van der Waals surface area contributed by atoms with Gasteiger partial charge in [0.05, 0.1) is 11.8 Å². The Balaban J connectivity index is 1.49. The second-order valence-electron chi connectivity index (χ2n) is 7.06. The Labute approximate surface area is 162 Å². The average molecular weight is 370 g/mol. The van der Waals surface area contributed by atoms with E-state index in [4.69, 9.17) is 14.2 Å². The third-order valence-corrected chi connectivity index (χ3v) is 5.07. The number of hydrogen-bond donors (Lipinski definition) is 1. The minimum absolute atomic E-state index is 0.221. The SMILES string of the molecule is CCC(C)c1ccccc1OCCNc1ccccc1OCC1CCCO1. The molecule has 1 fully saturated rings. The molecule has 1 aliphatic rings. The number of hydrogen-bond acceptors (Lipinski definition) is 4. The van der Waals surface area contributed by atoms with Crippen LogP contribution in [0.3, 0.4) is 0 Å². The summed E-state index contributed by atoms with van der Waals surface area (Å²) in [5.41, 5.74) is 2.27. The lowest BCUT2D eigenvalue weighted by Gasteiger charge is -2.17. The van der Waals surface area contributed by atoms with Crippen molar-refractivity contribution in [3.63, 3.8) is 0 Å². The summed E-state index contributed by atoms with van der Waals surface area (Å²) in [6.45, 7) is 7.22. The Morgan fingerprint density at radius 1 is 1.07 bits per heavy atom. The Morgan fingerprint density at radius 3 is 2.63 bits per heavy atom. The summed E-state index contributed by atoms with van der Waals surface area (Å²) in [5.74, 6) is 2.35. The van der Waals surface area contributed by atoms with E-state index in [0.717, 1.165) is 49.6 Å². The van der Waals surface area contributed by atoms with Crippen LogP contribution >= 0.6 is 0 Å². The standard InChI is InChI=1S/C23H31NO3/c1-3-18(2)20-10-4-6-12-22(20)26-16-14-24-21-11-5-7-13-23(21)27-17-19-9-8-15-25-19/h4-7,10-13,18-19,24H,3,8-9,14-17H2,1-2H3. The zero-order chi connectivity index (χ0) is 18.9. The molecule has 1 saturated heterocycles. The summed E-state index contributed by atoms with van der Waals surface area (Å²) in [6, 6.07) is 16.4. The minimum Gasteiger partial charge on any atom is -0.491 e. The first-order chi connectivity index (χ1) is 13.3. The van der Waals surface area contributed by atoms with Crippen molar-refractivity contribution >= 4 is 5.69 Å². The number of ether oxygens (including phenoxy) is 3. The molecule has 0 aromatic heterocycles. The Bertz CT molecular complexity index is 698. The monoisotopic (exact) mass is 369 g/mol. The summed E-state index contributed by atoms with van der Waals surface area (Å²) >= 11 is 0. The number of para-hydroxylation sites is 3. The van der Waals surface area contributed by atoms with Gasteiger partial charge in [0.2, 0.25) is 0 Å². The van der Waals surface area contributed by atoms with Gasteiger partial charge in [-0.3, -0.25) is 0 Å². The van der Waals surface area contributed by atoms with Crippen LogP contribution in [0.15, 0.2) is 48.5 Å². The maximum Gasteiger partial charge on any atom is 0.142 e. The molecule has 0 aliphatic carbocycles. The van der Waals surface area contributed by atoms with Gasteiger partial charge in [0.1, 0.15) is 24.7 Å². The normalized spacial score (nSPS) is 17.5. The Morgan fingerprint density at radius 2 is 1.85 bits per heavy atom. The highest BCUT2D eigenvalue weighted by atomic mass is 16.5. The van der Waals surface area contributed by atoms with Crippen molar-refractivity contribution in [2.45, 2.75) is 45.1 Å². The lowest BCUT2D eigenvalue weighted by atomic mass is 9.98. The van der Waals surface area contributed by atoms with Crippen LogP contribution < -0.4 is 14.8 Å². The highest BCUT2D eigenvalue weighted by molar-refractivity contribution is 5.56. The molecule has 4 heteroatoms. The molecule has 0 saturated carbocycles. The van der Waals surface area contributed by atoms with Crippen molar-refractivity contribution in [3.05, 3.63) is 54.1 Å². The second kappa shape index (κ2) is 10.2. The summed E-state index contributed by atoms with van der Waals surface area (Å²) in [6.07, 6.45) is 3.54. The Hall–Kier alpha value is -2.20. The van der Waals surface area contributed by atoms with Crippen molar-refractivity contribution in [2.24, 2.45) is 0 Å². The van der Waals surface area contributed by atoms with Crippen LogP contribution in [0.4, 0.5) is 5.69 Å². The molecule has 146 valence electrons. The van der Waals surface area contributed by atoms with Crippen LogP contribution in [0.2, 0.25) is 0 Å². The van der Waals surface area contributed by atoms with Gasteiger partial charge in [0, 0.05) is 13.2 Å². The van der Waals surface area contributed by atoms with Crippen LogP contribution in [0.25, 0.3) is 0 Å². The molecule has 1 aliphatic heterocycles. The quantitative estimate of drug-likeness (QED) is 0.581. The Kier molecular flexibility index (Phi) is 7.40. The predicted molar refractivity (Wildman–Crippen MR) is 110 cm³/mol. The number of nitrogens with one attached hydrogen (secondary N) is 1. The largest absolute Gasteiger partial charge is 0.491 e. The average Bonchev–Trinajstić information content (AvgIpc) is 3.24. The maximum absolute atomic E-state index is 6.04. The molecule has 3 rings (SSSR count). The summed E-state index contributed by atoms with van der Waals surface area (Å²) in [5, 5.41) is 3.43. The van der Waals surface area contributed by atoms with Crippen molar-refractivity contribution in [1.82, 2.24) is 0 Å². The molecule has 4 nitrogen and oxygen atoms in total. The molecule has 2 atom stereocenters. The lowest BCUT2D eigenvalue weighted by molar-refractivity contribution is 0.0682. The zero-order valence-electron chi connectivity index (χ0n) is 16.4. The van der Waals surface area contributed by atoms with E-state index in [1.165, 1.54) is 5.56 Å². The van der Waals surface area contributed by atoms with Crippen LogP contribution in [0.5, 0.6) is 11.5 Å². The predicted octanol–water partition coefficient (Wildman–Crippen LogP) is 5.25. The fraction of sp³-hybridized carbons (Fsp3) is 0.478. The van der Waals surface area contributed by atoms with Crippen LogP contribution in [-0.2, 0) is 4.74 Å². The molecular weight excluding hydrogens is 338 g/mol. The molecular formula is C23H31NO3. The molecule has 0 amide bonds. The third-order valence-electron chi connectivity index (χ3n) is 5.07. The van der Waals surface area contributed by atoms with E-state index in [0.29, 0.717) is 19.1 Å². The van der Waals surface area contributed by atoms with Gasteiger partial charge in [0.25, 0.3) is 0 Å². The van der Waals surface area contributed by atoms with Gasteiger partial charge in [-0.15, -0.1) is 0 Å². The van der Waals surface area contributed by atoms with Gasteiger partial charge in [0.15, 0.2) is 0 Å². The molecule has 0 bridgehead atoms. The van der Waals surface area contributed by atoms with Gasteiger partial charge >= 0.3 is 0 Å². The van der Waals surface area contributed by atoms with Crippen molar-refractivity contribution in [2.75, 3.05) is 31.7 Å². The number of anilines is 1. The van der Waals surface area contributed by atoms with Crippen molar-refractivity contribution in [1.29, 1.82) is 0 Å². The highest BCUT2D eigenvalue weighted by Gasteiger charge is 2.16. The van der Waals surface area contributed by atoms with E-state index in [-0.39, 0.29) is 6.10 Å². The number of rotatable bonds is 10. The van der Waals surface area contributed by atoms with Crippen LogP contribution in [0, 0.1) is 0 Å².